The molecule has 1 aromatic rings. The summed E-state index contributed by atoms with van der Waals surface area (Å²) in [5.41, 5.74) is 0. The number of aromatic nitrogens is 2. The van der Waals surface area contributed by atoms with Crippen LogP contribution in [-0.2, 0) is 20.9 Å². The molecule has 22 heavy (non-hydrogen) atoms. The lowest BCUT2D eigenvalue weighted by atomic mass is 10.2. The largest absolute Gasteiger partial charge is 0.481 e. The minimum absolute atomic E-state index is 0.0769. The molecule has 120 valence electrons. The molecule has 1 aliphatic heterocycles. The van der Waals surface area contributed by atoms with Crippen LogP contribution < -0.4 is 0 Å². The van der Waals surface area contributed by atoms with E-state index >= 15 is 0 Å². The number of nitro groups is 1. The predicted octanol–water partition coefficient (Wildman–Crippen LogP) is -0.198. The highest BCUT2D eigenvalue weighted by atomic mass is 16.6. The summed E-state index contributed by atoms with van der Waals surface area (Å²) in [6, 6.07) is 0. The maximum atomic E-state index is 12.2. The van der Waals surface area contributed by atoms with Gasteiger partial charge in [-0.3, -0.25) is 14.2 Å². The van der Waals surface area contributed by atoms with Gasteiger partial charge in [0.05, 0.1) is 19.1 Å². The summed E-state index contributed by atoms with van der Waals surface area (Å²) in [6.45, 7) is 2.33. The number of morpholine rings is 1. The van der Waals surface area contributed by atoms with Crippen molar-refractivity contribution in [2.24, 2.45) is 0 Å². The van der Waals surface area contributed by atoms with Gasteiger partial charge in [-0.25, -0.2) is 0 Å². The molecule has 10 nitrogen and oxygen atoms in total. The monoisotopic (exact) mass is 312 g/mol. The van der Waals surface area contributed by atoms with Gasteiger partial charge in [0.25, 0.3) is 0 Å². The van der Waals surface area contributed by atoms with E-state index < -0.39 is 17.0 Å². The molecule has 0 bridgehead atoms. The van der Waals surface area contributed by atoms with E-state index in [0.717, 1.165) is 0 Å². The molecule has 1 fully saturated rings. The van der Waals surface area contributed by atoms with Gasteiger partial charge in [-0.1, -0.05) is 0 Å². The number of ether oxygens (including phenoxy) is 1. The Bertz CT molecular complexity index is 598. The third kappa shape index (κ3) is 3.79. The molecule has 0 aliphatic carbocycles. The Morgan fingerprint density at radius 2 is 2.32 bits per heavy atom. The van der Waals surface area contributed by atoms with Gasteiger partial charge >= 0.3 is 11.8 Å². The average molecular weight is 312 g/mol. The van der Waals surface area contributed by atoms with Crippen LogP contribution in [0.5, 0.6) is 0 Å². The number of hydrogen-bond donors (Lipinski definition) is 1. The Morgan fingerprint density at radius 1 is 1.59 bits per heavy atom. The zero-order chi connectivity index (χ0) is 16.3. The third-order valence-electron chi connectivity index (χ3n) is 3.35. The topological polar surface area (TPSA) is 128 Å². The van der Waals surface area contributed by atoms with E-state index in [9.17, 15) is 19.7 Å². The Hall–Kier alpha value is -2.49. The van der Waals surface area contributed by atoms with Gasteiger partial charge in [0.2, 0.25) is 11.7 Å². The highest BCUT2D eigenvalue weighted by molar-refractivity contribution is 5.76. The first-order valence-corrected chi connectivity index (χ1v) is 6.66. The maximum Gasteiger partial charge on any atom is 0.381 e. The number of nitrogens with zero attached hydrogens (tertiary/aromatic N) is 4. The molecule has 1 aromatic heterocycles. The van der Waals surface area contributed by atoms with Gasteiger partial charge in [0.1, 0.15) is 12.7 Å². The highest BCUT2D eigenvalue weighted by Crippen LogP contribution is 2.13. The summed E-state index contributed by atoms with van der Waals surface area (Å²) < 4.78 is 6.70. The molecule has 0 saturated carbocycles. The second-order valence-corrected chi connectivity index (χ2v) is 4.96. The number of imidazole rings is 1. The van der Waals surface area contributed by atoms with Gasteiger partial charge in [0.15, 0.2) is 0 Å². The van der Waals surface area contributed by atoms with Gasteiger partial charge in [-0.15, -0.1) is 0 Å². The molecule has 1 atom stereocenters. The number of carbonyl (C=O) groups excluding carboxylic acids is 1. The number of rotatable bonds is 5. The SMILES string of the molecule is Cc1nc([N+](=O)[O-])cn1CC(=O)N1CCOC(CC(=O)O)C1. The fourth-order valence-electron chi connectivity index (χ4n) is 2.25. The summed E-state index contributed by atoms with van der Waals surface area (Å²) in [7, 11) is 0. The summed E-state index contributed by atoms with van der Waals surface area (Å²) in [4.78, 5) is 38.2. The minimum atomic E-state index is -0.986. The van der Waals surface area contributed by atoms with Crippen molar-refractivity contribution < 1.29 is 24.4 Å². The molecule has 0 radical (unpaired) electrons. The van der Waals surface area contributed by atoms with Crippen LogP contribution in [0.4, 0.5) is 5.82 Å². The molecule has 10 heteroatoms. The first-order chi connectivity index (χ1) is 10.4. The van der Waals surface area contributed by atoms with E-state index in [1.807, 2.05) is 0 Å². The standard InChI is InChI=1S/C12H16N4O6/c1-8-13-10(16(20)21)6-15(8)7-11(17)14-2-3-22-9(5-14)4-12(18)19/h6,9H,2-5,7H2,1H3,(H,18,19). The van der Waals surface area contributed by atoms with Crippen molar-refractivity contribution in [3.8, 4) is 0 Å². The van der Waals surface area contributed by atoms with Gasteiger partial charge in [-0.2, -0.15) is 0 Å². The molecule has 1 N–H and O–H groups in total. The molecule has 1 saturated heterocycles. The summed E-state index contributed by atoms with van der Waals surface area (Å²) >= 11 is 0. The van der Waals surface area contributed by atoms with E-state index in [-0.39, 0.29) is 37.8 Å². The van der Waals surface area contributed by atoms with Crippen LogP contribution in [0.15, 0.2) is 6.20 Å². The third-order valence-corrected chi connectivity index (χ3v) is 3.35. The smallest absolute Gasteiger partial charge is 0.381 e. The van der Waals surface area contributed by atoms with E-state index in [2.05, 4.69) is 4.98 Å². The van der Waals surface area contributed by atoms with Crippen LogP contribution in [-0.4, -0.2) is 62.2 Å². The number of carbonyl (C=O) groups is 2. The van der Waals surface area contributed by atoms with E-state index in [4.69, 9.17) is 9.84 Å². The predicted molar refractivity (Wildman–Crippen MR) is 72.2 cm³/mol. The Balaban J connectivity index is 1.99. The normalized spacial score (nSPS) is 18.2. The number of aryl methyl sites for hydroxylation is 1. The van der Waals surface area contributed by atoms with Gasteiger partial charge in [0, 0.05) is 20.0 Å². The van der Waals surface area contributed by atoms with Crippen molar-refractivity contribution in [2.75, 3.05) is 19.7 Å². The van der Waals surface area contributed by atoms with Crippen molar-refractivity contribution in [1.82, 2.24) is 14.5 Å². The second-order valence-electron chi connectivity index (χ2n) is 4.96. The molecule has 0 aromatic carbocycles. The van der Waals surface area contributed by atoms with Crippen molar-refractivity contribution in [1.29, 1.82) is 0 Å². The van der Waals surface area contributed by atoms with Crippen LogP contribution >= 0.6 is 0 Å². The molecular weight excluding hydrogens is 296 g/mol. The minimum Gasteiger partial charge on any atom is -0.481 e. The fourth-order valence-corrected chi connectivity index (χ4v) is 2.25. The Morgan fingerprint density at radius 3 is 2.91 bits per heavy atom. The highest BCUT2D eigenvalue weighted by Gasteiger charge is 2.27. The molecule has 2 heterocycles. The molecular formula is C12H16N4O6. The van der Waals surface area contributed by atoms with Crippen molar-refractivity contribution in [3.05, 3.63) is 22.1 Å². The molecule has 0 spiro atoms. The summed E-state index contributed by atoms with van der Waals surface area (Å²) in [6.07, 6.45) is 0.510. The fraction of sp³-hybridized carbons (Fsp3) is 0.583. The molecule has 2 rings (SSSR count). The quantitative estimate of drug-likeness (QED) is 0.589. The number of amides is 1. The first kappa shape index (κ1) is 15.9. The maximum absolute atomic E-state index is 12.2. The van der Waals surface area contributed by atoms with E-state index in [1.54, 1.807) is 6.92 Å². The van der Waals surface area contributed by atoms with Crippen molar-refractivity contribution >= 4 is 17.7 Å². The second kappa shape index (κ2) is 6.52. The first-order valence-electron chi connectivity index (χ1n) is 6.66. The van der Waals surface area contributed by atoms with Crippen LogP contribution in [0.1, 0.15) is 12.2 Å². The lowest BCUT2D eigenvalue weighted by molar-refractivity contribution is -0.389. The summed E-state index contributed by atoms with van der Waals surface area (Å²) in [5, 5.41) is 19.4. The van der Waals surface area contributed by atoms with E-state index in [1.165, 1.54) is 15.7 Å². The number of carboxylic acid groups (broad SMARTS) is 1. The van der Waals surface area contributed by atoms with Gasteiger partial charge < -0.3 is 24.9 Å². The molecule has 1 amide bonds. The summed E-state index contributed by atoms with van der Waals surface area (Å²) in [5.74, 6) is -1.18. The molecule has 1 unspecified atom stereocenters. The van der Waals surface area contributed by atoms with Crippen LogP contribution in [0.2, 0.25) is 0 Å². The van der Waals surface area contributed by atoms with Crippen LogP contribution in [0.3, 0.4) is 0 Å². The zero-order valence-corrected chi connectivity index (χ0v) is 12.0. The lowest BCUT2D eigenvalue weighted by Crippen LogP contribution is -2.47. The van der Waals surface area contributed by atoms with Gasteiger partial charge in [-0.05, 0) is 9.91 Å². The van der Waals surface area contributed by atoms with E-state index in [0.29, 0.717) is 12.4 Å². The van der Waals surface area contributed by atoms with Crippen LogP contribution in [0, 0.1) is 17.0 Å². The average Bonchev–Trinajstić information content (AvgIpc) is 2.80. The van der Waals surface area contributed by atoms with Crippen molar-refractivity contribution in [2.45, 2.75) is 26.0 Å². The zero-order valence-electron chi connectivity index (χ0n) is 12.0. The van der Waals surface area contributed by atoms with Crippen molar-refractivity contribution in [3.63, 3.8) is 0 Å². The lowest BCUT2D eigenvalue weighted by Gasteiger charge is -2.32. The Labute approximate surface area is 125 Å². The number of carboxylic acids is 1. The van der Waals surface area contributed by atoms with Crippen LogP contribution in [0.25, 0.3) is 0 Å². The Kier molecular flexibility index (Phi) is 4.71. The molecule has 1 aliphatic rings. The number of hydrogen-bond acceptors (Lipinski definition) is 6. The number of aliphatic carboxylic acids is 1.